The minimum atomic E-state index is -4.43. The molecule has 1 aromatic carbocycles. The molecule has 0 radical (unpaired) electrons. The molecule has 0 amide bonds. The lowest BCUT2D eigenvalue weighted by atomic mass is 10.1. The van der Waals surface area contributed by atoms with Crippen molar-refractivity contribution in [2.75, 3.05) is 11.1 Å². The number of halogens is 3. The van der Waals surface area contributed by atoms with E-state index in [1.54, 1.807) is 0 Å². The Morgan fingerprint density at radius 1 is 1.11 bits per heavy atom. The van der Waals surface area contributed by atoms with Gasteiger partial charge in [-0.1, -0.05) is 12.1 Å². The van der Waals surface area contributed by atoms with Gasteiger partial charge in [-0.2, -0.15) is 13.2 Å². The average Bonchev–Trinajstić information content (AvgIpc) is 2.28. The lowest BCUT2D eigenvalue weighted by Gasteiger charge is -2.13. The fourth-order valence-electron chi connectivity index (χ4n) is 1.42. The quantitative estimate of drug-likeness (QED) is 0.864. The number of nitrogens with zero attached hydrogens (tertiary/aromatic N) is 2. The number of nitrogens with two attached hydrogens (primary N) is 1. The summed E-state index contributed by atoms with van der Waals surface area (Å²) in [6.07, 6.45) is -3.25. The van der Waals surface area contributed by atoms with Gasteiger partial charge in [0.15, 0.2) is 0 Å². The zero-order chi connectivity index (χ0) is 13.2. The monoisotopic (exact) mass is 254 g/mol. The number of anilines is 3. The molecule has 0 atom stereocenters. The second kappa shape index (κ2) is 4.52. The van der Waals surface area contributed by atoms with Gasteiger partial charge < -0.3 is 11.1 Å². The molecule has 3 N–H and O–H groups in total. The van der Waals surface area contributed by atoms with Crippen molar-refractivity contribution in [1.29, 1.82) is 0 Å². The molecular weight excluding hydrogens is 245 g/mol. The number of rotatable bonds is 2. The second-order valence-corrected chi connectivity index (χ2v) is 3.50. The predicted octanol–water partition coefficient (Wildman–Crippen LogP) is 2.82. The Morgan fingerprint density at radius 2 is 1.83 bits per heavy atom. The van der Waals surface area contributed by atoms with Crippen LogP contribution in [0.5, 0.6) is 0 Å². The maximum atomic E-state index is 12.7. The van der Waals surface area contributed by atoms with Crippen LogP contribution >= 0.6 is 0 Å². The number of hydrogen-bond donors (Lipinski definition) is 2. The Kier molecular flexibility index (Phi) is 3.05. The molecule has 2 aromatic rings. The number of para-hydroxylation sites is 1. The van der Waals surface area contributed by atoms with Crippen LogP contribution in [0, 0.1) is 0 Å². The molecule has 7 heteroatoms. The summed E-state index contributed by atoms with van der Waals surface area (Å²) in [5.74, 6) is 0.385. The summed E-state index contributed by atoms with van der Waals surface area (Å²) in [4.78, 5) is 7.45. The maximum Gasteiger partial charge on any atom is 0.418 e. The van der Waals surface area contributed by atoms with Gasteiger partial charge in [0.25, 0.3) is 0 Å². The summed E-state index contributed by atoms with van der Waals surface area (Å²) in [6.45, 7) is 0. The van der Waals surface area contributed by atoms with Gasteiger partial charge in [0.1, 0.15) is 18.0 Å². The first-order valence-corrected chi connectivity index (χ1v) is 4.97. The van der Waals surface area contributed by atoms with E-state index in [0.717, 1.165) is 6.07 Å². The van der Waals surface area contributed by atoms with Gasteiger partial charge in [-0.05, 0) is 12.1 Å². The Labute approximate surface area is 101 Å². The highest BCUT2D eigenvalue weighted by Crippen LogP contribution is 2.35. The molecule has 2 rings (SSSR count). The molecule has 0 bridgehead atoms. The van der Waals surface area contributed by atoms with Crippen LogP contribution in [0.15, 0.2) is 36.7 Å². The summed E-state index contributed by atoms with van der Waals surface area (Å²) in [5, 5.41) is 2.57. The fourth-order valence-corrected chi connectivity index (χ4v) is 1.42. The zero-order valence-corrected chi connectivity index (χ0v) is 9.07. The van der Waals surface area contributed by atoms with Crippen molar-refractivity contribution >= 4 is 17.3 Å². The van der Waals surface area contributed by atoms with E-state index in [4.69, 9.17) is 5.73 Å². The van der Waals surface area contributed by atoms with Crippen LogP contribution in [0.25, 0.3) is 0 Å². The van der Waals surface area contributed by atoms with Crippen molar-refractivity contribution in [2.24, 2.45) is 0 Å². The number of benzene rings is 1. The summed E-state index contributed by atoms with van der Waals surface area (Å²) in [6, 6.07) is 6.49. The molecule has 94 valence electrons. The number of hydrogen-bond acceptors (Lipinski definition) is 4. The van der Waals surface area contributed by atoms with E-state index in [9.17, 15) is 13.2 Å². The van der Waals surface area contributed by atoms with E-state index in [2.05, 4.69) is 15.3 Å². The maximum absolute atomic E-state index is 12.7. The van der Waals surface area contributed by atoms with Crippen LogP contribution in [0.4, 0.5) is 30.5 Å². The average molecular weight is 254 g/mol. The minimum absolute atomic E-state index is 0.0805. The summed E-state index contributed by atoms with van der Waals surface area (Å²) in [5.41, 5.74) is 4.58. The highest BCUT2D eigenvalue weighted by Gasteiger charge is 2.33. The van der Waals surface area contributed by atoms with Crippen LogP contribution < -0.4 is 11.1 Å². The first kappa shape index (κ1) is 12.2. The van der Waals surface area contributed by atoms with Gasteiger partial charge >= 0.3 is 6.18 Å². The van der Waals surface area contributed by atoms with Crippen molar-refractivity contribution in [3.8, 4) is 0 Å². The Morgan fingerprint density at radius 3 is 2.50 bits per heavy atom. The molecule has 0 unspecified atom stereocenters. The van der Waals surface area contributed by atoms with E-state index < -0.39 is 11.7 Å². The summed E-state index contributed by atoms with van der Waals surface area (Å²) in [7, 11) is 0. The van der Waals surface area contributed by atoms with Gasteiger partial charge in [0.2, 0.25) is 0 Å². The second-order valence-electron chi connectivity index (χ2n) is 3.50. The first-order valence-electron chi connectivity index (χ1n) is 4.97. The third-order valence-corrected chi connectivity index (χ3v) is 2.18. The van der Waals surface area contributed by atoms with Crippen molar-refractivity contribution in [3.63, 3.8) is 0 Å². The van der Waals surface area contributed by atoms with E-state index in [1.165, 1.54) is 30.6 Å². The van der Waals surface area contributed by atoms with Gasteiger partial charge in [-0.3, -0.25) is 0 Å². The van der Waals surface area contributed by atoms with Crippen LogP contribution in [0.1, 0.15) is 5.56 Å². The molecule has 4 nitrogen and oxygen atoms in total. The predicted molar refractivity (Wildman–Crippen MR) is 61.2 cm³/mol. The number of nitrogens with one attached hydrogen (secondary N) is 1. The number of aromatic nitrogens is 2. The third kappa shape index (κ3) is 2.68. The SMILES string of the molecule is Nc1cc(Nc2ccccc2C(F)(F)F)ncn1. The Balaban J connectivity index is 2.35. The summed E-state index contributed by atoms with van der Waals surface area (Å²) < 4.78 is 38.2. The molecule has 0 saturated heterocycles. The van der Waals surface area contributed by atoms with E-state index in [-0.39, 0.29) is 17.3 Å². The molecule has 0 fully saturated rings. The lowest BCUT2D eigenvalue weighted by Crippen LogP contribution is -2.09. The molecule has 0 saturated carbocycles. The fraction of sp³-hybridized carbons (Fsp3) is 0.0909. The molecule has 0 aliphatic rings. The highest BCUT2D eigenvalue weighted by molar-refractivity contribution is 5.62. The topological polar surface area (TPSA) is 63.8 Å². The first-order chi connectivity index (χ1) is 8.47. The number of alkyl halides is 3. The van der Waals surface area contributed by atoms with Crippen LogP contribution in [-0.4, -0.2) is 9.97 Å². The normalized spacial score (nSPS) is 11.3. The Hall–Kier alpha value is -2.31. The third-order valence-electron chi connectivity index (χ3n) is 2.18. The molecule has 0 aliphatic heterocycles. The minimum Gasteiger partial charge on any atom is -0.384 e. The largest absolute Gasteiger partial charge is 0.418 e. The van der Waals surface area contributed by atoms with Crippen LogP contribution in [-0.2, 0) is 6.18 Å². The van der Waals surface area contributed by atoms with Crippen molar-refractivity contribution in [3.05, 3.63) is 42.2 Å². The zero-order valence-electron chi connectivity index (χ0n) is 9.07. The molecular formula is C11H9F3N4. The number of nitrogen functional groups attached to an aromatic ring is 1. The van der Waals surface area contributed by atoms with E-state index in [0.29, 0.717) is 0 Å². The van der Waals surface area contributed by atoms with Crippen LogP contribution in [0.3, 0.4) is 0 Å². The molecule has 1 heterocycles. The smallest absolute Gasteiger partial charge is 0.384 e. The molecule has 0 aliphatic carbocycles. The summed E-state index contributed by atoms with van der Waals surface area (Å²) >= 11 is 0. The van der Waals surface area contributed by atoms with Crippen molar-refractivity contribution < 1.29 is 13.2 Å². The molecule has 1 aromatic heterocycles. The van der Waals surface area contributed by atoms with Crippen molar-refractivity contribution in [1.82, 2.24) is 9.97 Å². The van der Waals surface area contributed by atoms with Crippen molar-refractivity contribution in [2.45, 2.75) is 6.18 Å². The highest BCUT2D eigenvalue weighted by atomic mass is 19.4. The van der Waals surface area contributed by atoms with E-state index in [1.807, 2.05) is 0 Å². The molecule has 0 spiro atoms. The van der Waals surface area contributed by atoms with E-state index >= 15 is 0 Å². The molecule has 18 heavy (non-hydrogen) atoms. The standard InChI is InChI=1S/C11H9F3N4/c12-11(13,14)7-3-1-2-4-8(7)18-10-5-9(15)16-6-17-10/h1-6H,(H3,15,16,17,18). The van der Waals surface area contributed by atoms with Gasteiger partial charge in [-0.25, -0.2) is 9.97 Å². The van der Waals surface area contributed by atoms with Gasteiger partial charge in [0.05, 0.1) is 11.3 Å². The van der Waals surface area contributed by atoms with Gasteiger partial charge in [-0.15, -0.1) is 0 Å². The van der Waals surface area contributed by atoms with Crippen LogP contribution in [0.2, 0.25) is 0 Å². The Bertz CT molecular complexity index is 554. The van der Waals surface area contributed by atoms with Gasteiger partial charge in [0, 0.05) is 6.07 Å². The lowest BCUT2D eigenvalue weighted by molar-refractivity contribution is -0.136.